The van der Waals surface area contributed by atoms with Gasteiger partial charge in [-0.15, -0.1) is 0 Å². The minimum absolute atomic E-state index is 0.0499. The summed E-state index contributed by atoms with van der Waals surface area (Å²) in [5.41, 5.74) is 3.32. The molecule has 0 saturated carbocycles. The molecule has 0 bridgehead atoms. The normalized spacial score (nSPS) is 17.3. The van der Waals surface area contributed by atoms with E-state index in [1.165, 1.54) is 6.07 Å². The van der Waals surface area contributed by atoms with Gasteiger partial charge in [0, 0.05) is 34.2 Å². The van der Waals surface area contributed by atoms with Crippen LogP contribution in [0.25, 0.3) is 10.8 Å². The number of carbonyl (C=O) groups is 2. The third kappa shape index (κ3) is 7.01. The third-order valence-electron chi connectivity index (χ3n) is 8.88. The fourth-order valence-corrected chi connectivity index (χ4v) is 6.73. The van der Waals surface area contributed by atoms with Gasteiger partial charge < -0.3 is 30.1 Å². The number of ether oxygens (including phenoxy) is 2. The molecule has 1 unspecified atom stereocenters. The largest absolute Gasteiger partial charge is 0.507 e. The molecular weight excluding hydrogens is 634 g/mol. The quantitative estimate of drug-likeness (QED) is 0.181. The molecule has 2 atom stereocenters. The molecule has 9 heteroatoms. The average molecular weight is 673 g/mol. The molecule has 1 saturated heterocycles. The predicted octanol–water partition coefficient (Wildman–Crippen LogP) is 5.98. The van der Waals surface area contributed by atoms with Crippen LogP contribution in [0.4, 0.5) is 5.69 Å². The average Bonchev–Trinajstić information content (AvgIpc) is 3.15. The van der Waals surface area contributed by atoms with Crippen molar-refractivity contribution in [3.8, 4) is 11.5 Å². The second-order valence-corrected chi connectivity index (χ2v) is 12.7. The molecule has 0 spiro atoms. The minimum Gasteiger partial charge on any atom is -0.507 e. The Morgan fingerprint density at radius 2 is 1.89 bits per heavy atom. The molecule has 0 aliphatic carbocycles. The number of benzene rings is 4. The maximum Gasteiger partial charge on any atom is 0.255 e. The van der Waals surface area contributed by atoms with Gasteiger partial charge >= 0.3 is 0 Å². The van der Waals surface area contributed by atoms with Gasteiger partial charge in [0.15, 0.2) is 0 Å². The lowest BCUT2D eigenvalue weighted by atomic mass is 9.93. The molecule has 45 heavy (non-hydrogen) atoms. The highest BCUT2D eigenvalue weighted by Crippen LogP contribution is 2.36. The SMILES string of the molecule is COc1ccc2cc(Br)ccc2c1CN1C(=O)[C@H](CCC(CNC(=O)c2ccccc2O)NC2COC2)CCc2ccccc21. The standard InChI is InChI=1S/C36H38BrN3O5/c1-44-34-17-13-25-18-26(37)14-16-29(25)31(34)20-40-32-8-4-2-6-23(32)10-11-24(36(40)43)12-15-27(39-28-21-45-22-28)19-38-35(42)30-7-3-5-9-33(30)41/h2-9,13-14,16-18,24,27-28,39,41H,10-12,15,19-22H2,1H3,(H,38,42)/t24-,27?/m0/s1. The van der Waals surface area contributed by atoms with E-state index < -0.39 is 0 Å². The minimum atomic E-state index is -0.326. The fraction of sp³-hybridized carbons (Fsp3) is 0.333. The van der Waals surface area contributed by atoms with Crippen LogP contribution in [0.2, 0.25) is 0 Å². The van der Waals surface area contributed by atoms with Crippen LogP contribution in [0, 0.1) is 5.92 Å². The van der Waals surface area contributed by atoms with Gasteiger partial charge in [0.2, 0.25) is 5.91 Å². The van der Waals surface area contributed by atoms with Crippen LogP contribution in [0.5, 0.6) is 11.5 Å². The van der Waals surface area contributed by atoms with Crippen molar-refractivity contribution in [1.82, 2.24) is 10.6 Å². The lowest BCUT2D eigenvalue weighted by Crippen LogP contribution is -2.53. The van der Waals surface area contributed by atoms with Gasteiger partial charge in [-0.1, -0.05) is 58.4 Å². The Morgan fingerprint density at radius 3 is 2.67 bits per heavy atom. The summed E-state index contributed by atoms with van der Waals surface area (Å²) in [7, 11) is 1.67. The van der Waals surface area contributed by atoms with Crippen molar-refractivity contribution in [2.45, 2.75) is 44.3 Å². The van der Waals surface area contributed by atoms with Crippen LogP contribution in [0.3, 0.4) is 0 Å². The van der Waals surface area contributed by atoms with E-state index in [-0.39, 0.29) is 41.1 Å². The number of amides is 2. The molecule has 2 aliphatic rings. The summed E-state index contributed by atoms with van der Waals surface area (Å²) in [6.45, 7) is 2.01. The molecular formula is C36H38BrN3O5. The lowest BCUT2D eigenvalue weighted by molar-refractivity contribution is -0.122. The van der Waals surface area contributed by atoms with E-state index >= 15 is 0 Å². The number of methoxy groups -OCH3 is 1. The summed E-state index contributed by atoms with van der Waals surface area (Å²) < 4.78 is 12.2. The van der Waals surface area contributed by atoms with Crippen molar-refractivity contribution in [1.29, 1.82) is 0 Å². The Hall–Kier alpha value is -3.92. The second kappa shape index (κ2) is 14.0. The highest BCUT2D eigenvalue weighted by Gasteiger charge is 2.32. The number of halogens is 1. The Balaban J connectivity index is 1.22. The maximum atomic E-state index is 14.4. The van der Waals surface area contributed by atoms with Gasteiger partial charge in [0.25, 0.3) is 5.91 Å². The monoisotopic (exact) mass is 671 g/mol. The molecule has 3 N–H and O–H groups in total. The highest BCUT2D eigenvalue weighted by atomic mass is 79.9. The highest BCUT2D eigenvalue weighted by molar-refractivity contribution is 9.10. The number of hydrogen-bond donors (Lipinski definition) is 3. The van der Waals surface area contributed by atoms with Gasteiger partial charge in [-0.25, -0.2) is 0 Å². The topological polar surface area (TPSA) is 100 Å². The number of fused-ring (bicyclic) bond motifs is 2. The summed E-state index contributed by atoms with van der Waals surface area (Å²) in [4.78, 5) is 29.2. The molecule has 0 aromatic heterocycles. The zero-order valence-electron chi connectivity index (χ0n) is 25.3. The van der Waals surface area contributed by atoms with Crippen LogP contribution < -0.4 is 20.3 Å². The van der Waals surface area contributed by atoms with Crippen molar-refractivity contribution in [2.75, 3.05) is 31.8 Å². The van der Waals surface area contributed by atoms with Gasteiger partial charge in [0.1, 0.15) is 11.5 Å². The van der Waals surface area contributed by atoms with Crippen molar-refractivity contribution >= 4 is 44.2 Å². The number of anilines is 1. The van der Waals surface area contributed by atoms with Crippen molar-refractivity contribution in [3.05, 3.63) is 100 Å². The molecule has 6 rings (SSSR count). The Labute approximate surface area is 271 Å². The van der Waals surface area contributed by atoms with Gasteiger partial charge in [-0.3, -0.25) is 9.59 Å². The van der Waals surface area contributed by atoms with E-state index in [1.54, 1.807) is 25.3 Å². The molecule has 2 amide bonds. The van der Waals surface area contributed by atoms with E-state index in [4.69, 9.17) is 9.47 Å². The number of rotatable bonds is 11. The lowest BCUT2D eigenvalue weighted by Gasteiger charge is -2.32. The smallest absolute Gasteiger partial charge is 0.255 e. The Bertz CT molecular complexity index is 1690. The number of para-hydroxylation sites is 2. The van der Waals surface area contributed by atoms with Crippen LogP contribution in [0.15, 0.2) is 83.3 Å². The number of aromatic hydroxyl groups is 1. The number of hydrogen-bond acceptors (Lipinski definition) is 6. The summed E-state index contributed by atoms with van der Waals surface area (Å²) in [5.74, 6) is 0.283. The predicted molar refractivity (Wildman–Crippen MR) is 179 cm³/mol. The Kier molecular flexibility index (Phi) is 9.68. The number of nitrogens with one attached hydrogen (secondary N) is 2. The van der Waals surface area contributed by atoms with Crippen LogP contribution in [-0.2, 0) is 22.5 Å². The van der Waals surface area contributed by atoms with E-state index in [2.05, 4.69) is 44.8 Å². The van der Waals surface area contributed by atoms with E-state index in [1.807, 2.05) is 41.3 Å². The molecule has 8 nitrogen and oxygen atoms in total. The van der Waals surface area contributed by atoms with Crippen molar-refractivity contribution < 1.29 is 24.2 Å². The number of phenols is 1. The molecule has 0 radical (unpaired) electrons. The first-order valence-corrected chi connectivity index (χ1v) is 16.2. The first kappa shape index (κ1) is 31.1. The molecule has 2 heterocycles. The summed E-state index contributed by atoms with van der Waals surface area (Å²) in [5, 5.41) is 18.8. The molecule has 4 aromatic rings. The van der Waals surface area contributed by atoms with Gasteiger partial charge in [-0.2, -0.15) is 0 Å². The number of nitrogens with zero attached hydrogens (tertiary/aromatic N) is 1. The van der Waals surface area contributed by atoms with Crippen LogP contribution in [-0.4, -0.2) is 55.9 Å². The first-order chi connectivity index (χ1) is 21.9. The second-order valence-electron chi connectivity index (χ2n) is 11.8. The van der Waals surface area contributed by atoms with E-state index in [9.17, 15) is 14.7 Å². The summed E-state index contributed by atoms with van der Waals surface area (Å²) >= 11 is 3.58. The number of phenolic OH excluding ortho intramolecular Hbond substituents is 1. The third-order valence-corrected chi connectivity index (χ3v) is 9.37. The van der Waals surface area contributed by atoms with E-state index in [0.29, 0.717) is 39.1 Å². The van der Waals surface area contributed by atoms with E-state index in [0.717, 1.165) is 50.7 Å². The molecule has 234 valence electrons. The van der Waals surface area contributed by atoms with Crippen LogP contribution >= 0.6 is 15.9 Å². The fourth-order valence-electron chi connectivity index (χ4n) is 6.36. The number of aryl methyl sites for hydroxylation is 1. The van der Waals surface area contributed by atoms with Crippen molar-refractivity contribution in [2.24, 2.45) is 5.92 Å². The van der Waals surface area contributed by atoms with Crippen LogP contribution in [0.1, 0.15) is 40.7 Å². The van der Waals surface area contributed by atoms with Crippen molar-refractivity contribution in [3.63, 3.8) is 0 Å². The molecule has 1 fully saturated rings. The zero-order chi connectivity index (χ0) is 31.3. The molecule has 4 aromatic carbocycles. The van der Waals surface area contributed by atoms with Gasteiger partial charge in [-0.05, 0) is 78.4 Å². The summed E-state index contributed by atoms with van der Waals surface area (Å²) in [6.07, 6.45) is 2.92. The first-order valence-electron chi connectivity index (χ1n) is 15.5. The Morgan fingerprint density at radius 1 is 1.09 bits per heavy atom. The zero-order valence-corrected chi connectivity index (χ0v) is 26.9. The van der Waals surface area contributed by atoms with Gasteiger partial charge in [0.05, 0.1) is 38.5 Å². The number of carbonyl (C=O) groups excluding carboxylic acids is 2. The molecule has 2 aliphatic heterocycles. The maximum absolute atomic E-state index is 14.4. The summed E-state index contributed by atoms with van der Waals surface area (Å²) in [6, 6.07) is 25.0.